The van der Waals surface area contributed by atoms with Crippen molar-refractivity contribution in [3.63, 3.8) is 0 Å². The van der Waals surface area contributed by atoms with Gasteiger partial charge in [0, 0.05) is 26.2 Å². The third-order valence-corrected chi connectivity index (χ3v) is 5.44. The van der Waals surface area contributed by atoms with E-state index in [1.807, 2.05) is 6.92 Å². The predicted molar refractivity (Wildman–Crippen MR) is 104 cm³/mol. The number of ether oxygens (including phenoxy) is 1. The molecule has 3 aromatic heterocycles. The highest BCUT2D eigenvalue weighted by Crippen LogP contribution is 2.24. The topological polar surface area (TPSA) is 102 Å². The number of carbonyl (C=O) groups excluding carboxylic acids is 1. The molecule has 0 radical (unpaired) electrons. The molecule has 0 bridgehead atoms. The first-order valence-corrected chi connectivity index (χ1v) is 9.95. The second kappa shape index (κ2) is 7.43. The van der Waals surface area contributed by atoms with Crippen LogP contribution in [-0.2, 0) is 11.3 Å². The number of rotatable bonds is 4. The third kappa shape index (κ3) is 3.44. The summed E-state index contributed by atoms with van der Waals surface area (Å²) in [5, 5.41) is 8.62. The van der Waals surface area contributed by atoms with E-state index in [1.165, 1.54) is 0 Å². The van der Waals surface area contributed by atoms with Gasteiger partial charge in [-0.2, -0.15) is 0 Å². The van der Waals surface area contributed by atoms with Crippen LogP contribution in [0.2, 0.25) is 0 Å². The number of aryl methyl sites for hydroxylation is 1. The summed E-state index contributed by atoms with van der Waals surface area (Å²) in [5.41, 5.74) is 1.40. The van der Waals surface area contributed by atoms with Crippen molar-refractivity contribution in [3.05, 3.63) is 30.0 Å². The summed E-state index contributed by atoms with van der Waals surface area (Å²) in [5.74, 6) is 1.81. The van der Waals surface area contributed by atoms with Crippen LogP contribution in [0.15, 0.2) is 22.9 Å². The minimum atomic E-state index is -0.195. The van der Waals surface area contributed by atoms with E-state index in [0.29, 0.717) is 43.2 Å². The number of amides is 1. The van der Waals surface area contributed by atoms with Crippen molar-refractivity contribution in [1.29, 1.82) is 0 Å². The van der Waals surface area contributed by atoms with E-state index in [1.54, 1.807) is 28.0 Å². The SMILES string of the molecule is Cc1ccc(C(=O)N2CCOC(Cn3nnc4c(N5CCCC5)ncnc43)C2)o1. The van der Waals surface area contributed by atoms with Crippen LogP contribution in [0.4, 0.5) is 5.82 Å². The molecular weight excluding hydrogens is 374 g/mol. The van der Waals surface area contributed by atoms with Gasteiger partial charge in [-0.05, 0) is 31.9 Å². The fourth-order valence-corrected chi connectivity index (χ4v) is 3.98. The van der Waals surface area contributed by atoms with Crippen LogP contribution in [0.3, 0.4) is 0 Å². The molecule has 1 amide bonds. The van der Waals surface area contributed by atoms with Gasteiger partial charge in [0.1, 0.15) is 12.1 Å². The van der Waals surface area contributed by atoms with Crippen molar-refractivity contribution < 1.29 is 13.9 Å². The fraction of sp³-hybridized carbons (Fsp3) is 0.526. The van der Waals surface area contributed by atoms with Crippen molar-refractivity contribution in [3.8, 4) is 0 Å². The van der Waals surface area contributed by atoms with Crippen LogP contribution in [0.25, 0.3) is 11.2 Å². The van der Waals surface area contributed by atoms with Gasteiger partial charge < -0.3 is 19.0 Å². The molecule has 5 heterocycles. The Balaban J connectivity index is 1.33. The van der Waals surface area contributed by atoms with Gasteiger partial charge in [-0.25, -0.2) is 14.6 Å². The zero-order valence-electron chi connectivity index (χ0n) is 16.3. The molecule has 0 aliphatic carbocycles. The molecule has 2 aliphatic rings. The van der Waals surface area contributed by atoms with E-state index in [-0.39, 0.29) is 12.0 Å². The van der Waals surface area contributed by atoms with Crippen LogP contribution in [0, 0.1) is 6.92 Å². The highest BCUT2D eigenvalue weighted by molar-refractivity contribution is 5.91. The Morgan fingerprint density at radius 3 is 2.86 bits per heavy atom. The highest BCUT2D eigenvalue weighted by Gasteiger charge is 2.28. The second-order valence-electron chi connectivity index (χ2n) is 7.49. The normalized spacial score (nSPS) is 20.0. The number of morpholine rings is 1. The lowest BCUT2D eigenvalue weighted by atomic mass is 10.2. The number of furan rings is 1. The maximum atomic E-state index is 12.7. The number of anilines is 1. The molecular formula is C19H23N7O3. The Bertz CT molecular complexity index is 1020. The van der Waals surface area contributed by atoms with E-state index < -0.39 is 0 Å². The summed E-state index contributed by atoms with van der Waals surface area (Å²) in [4.78, 5) is 25.5. The summed E-state index contributed by atoms with van der Waals surface area (Å²) in [7, 11) is 0. The number of aromatic nitrogens is 5. The maximum Gasteiger partial charge on any atom is 0.289 e. The molecule has 3 aromatic rings. The largest absolute Gasteiger partial charge is 0.456 e. The van der Waals surface area contributed by atoms with Gasteiger partial charge in [-0.3, -0.25) is 4.79 Å². The summed E-state index contributed by atoms with van der Waals surface area (Å²) >= 11 is 0. The summed E-state index contributed by atoms with van der Waals surface area (Å²) < 4.78 is 13.1. The molecule has 2 fully saturated rings. The highest BCUT2D eigenvalue weighted by atomic mass is 16.5. The van der Waals surface area contributed by atoms with Crippen molar-refractivity contribution >= 4 is 22.9 Å². The molecule has 2 aliphatic heterocycles. The van der Waals surface area contributed by atoms with Gasteiger partial charge in [0.25, 0.3) is 5.91 Å². The van der Waals surface area contributed by atoms with Crippen LogP contribution in [-0.4, -0.2) is 74.7 Å². The van der Waals surface area contributed by atoms with Crippen LogP contribution in [0.1, 0.15) is 29.2 Å². The molecule has 0 saturated carbocycles. The minimum absolute atomic E-state index is 0.117. The number of hydrogen-bond acceptors (Lipinski definition) is 8. The molecule has 1 atom stereocenters. The molecule has 10 heteroatoms. The monoisotopic (exact) mass is 397 g/mol. The Labute approximate surface area is 167 Å². The quantitative estimate of drug-likeness (QED) is 0.648. The van der Waals surface area contributed by atoms with Crippen molar-refractivity contribution in [2.45, 2.75) is 32.4 Å². The average Bonchev–Trinajstić information content (AvgIpc) is 3.49. The lowest BCUT2D eigenvalue weighted by Crippen LogP contribution is -2.47. The van der Waals surface area contributed by atoms with E-state index in [0.717, 1.165) is 37.5 Å². The van der Waals surface area contributed by atoms with Gasteiger partial charge in [-0.15, -0.1) is 5.10 Å². The molecule has 29 heavy (non-hydrogen) atoms. The Hall–Kier alpha value is -3.01. The number of fused-ring (bicyclic) bond motifs is 1. The van der Waals surface area contributed by atoms with Gasteiger partial charge in [0.05, 0.1) is 19.3 Å². The molecule has 10 nitrogen and oxygen atoms in total. The molecule has 152 valence electrons. The zero-order chi connectivity index (χ0) is 19.8. The van der Waals surface area contributed by atoms with Crippen molar-refractivity contribution in [2.24, 2.45) is 0 Å². The predicted octanol–water partition coefficient (Wildman–Crippen LogP) is 1.26. The molecule has 0 aromatic carbocycles. The lowest BCUT2D eigenvalue weighted by molar-refractivity contribution is -0.0305. The number of hydrogen-bond donors (Lipinski definition) is 0. The van der Waals surface area contributed by atoms with Crippen molar-refractivity contribution in [1.82, 2.24) is 29.9 Å². The lowest BCUT2D eigenvalue weighted by Gasteiger charge is -2.32. The molecule has 5 rings (SSSR count). The standard InChI is InChI=1S/C19H23N7O3/c1-13-4-5-15(29-13)19(27)25-8-9-28-14(10-25)11-26-18-16(22-23-26)17(20-12-21-18)24-6-2-3-7-24/h4-5,12,14H,2-3,6-11H2,1H3. The van der Waals surface area contributed by atoms with E-state index in [4.69, 9.17) is 9.15 Å². The Morgan fingerprint density at radius 1 is 1.21 bits per heavy atom. The van der Waals surface area contributed by atoms with Crippen molar-refractivity contribution in [2.75, 3.05) is 37.7 Å². The molecule has 2 saturated heterocycles. The van der Waals surface area contributed by atoms with E-state index >= 15 is 0 Å². The van der Waals surface area contributed by atoms with Crippen LogP contribution >= 0.6 is 0 Å². The zero-order valence-corrected chi connectivity index (χ0v) is 16.3. The maximum absolute atomic E-state index is 12.7. The van der Waals surface area contributed by atoms with Gasteiger partial charge in [0.15, 0.2) is 22.7 Å². The smallest absolute Gasteiger partial charge is 0.289 e. The van der Waals surface area contributed by atoms with E-state index in [2.05, 4.69) is 25.2 Å². The second-order valence-corrected chi connectivity index (χ2v) is 7.49. The summed E-state index contributed by atoms with van der Waals surface area (Å²) in [6.45, 7) is 5.72. The first-order valence-electron chi connectivity index (χ1n) is 9.95. The Kier molecular flexibility index (Phi) is 4.62. The molecule has 0 spiro atoms. The van der Waals surface area contributed by atoms with Gasteiger partial charge in [-0.1, -0.05) is 5.21 Å². The summed E-state index contributed by atoms with van der Waals surface area (Å²) in [6, 6.07) is 3.51. The first-order chi connectivity index (χ1) is 14.2. The minimum Gasteiger partial charge on any atom is -0.456 e. The van der Waals surface area contributed by atoms with Gasteiger partial charge in [0.2, 0.25) is 0 Å². The van der Waals surface area contributed by atoms with E-state index in [9.17, 15) is 4.79 Å². The summed E-state index contributed by atoms with van der Waals surface area (Å²) in [6.07, 6.45) is 3.69. The van der Waals surface area contributed by atoms with Crippen LogP contribution in [0.5, 0.6) is 0 Å². The average molecular weight is 397 g/mol. The fourth-order valence-electron chi connectivity index (χ4n) is 3.98. The number of nitrogens with zero attached hydrogens (tertiary/aromatic N) is 7. The first kappa shape index (κ1) is 18.0. The van der Waals surface area contributed by atoms with Gasteiger partial charge >= 0.3 is 0 Å². The third-order valence-electron chi connectivity index (χ3n) is 5.44. The molecule has 0 N–H and O–H groups in total. The van der Waals surface area contributed by atoms with Crippen LogP contribution < -0.4 is 4.90 Å². The Morgan fingerprint density at radius 2 is 2.07 bits per heavy atom. The molecule has 1 unspecified atom stereocenters. The number of carbonyl (C=O) groups is 1.